The lowest BCUT2D eigenvalue weighted by atomic mass is 9.66. The third kappa shape index (κ3) is 1.81. The zero-order valence-corrected chi connectivity index (χ0v) is 9.01. The van der Waals surface area contributed by atoms with E-state index >= 15 is 0 Å². The largest absolute Gasteiger partial charge is 0.457 e. The van der Waals surface area contributed by atoms with Gasteiger partial charge in [0, 0.05) is 6.61 Å². The van der Waals surface area contributed by atoms with Crippen LogP contribution in [-0.2, 0) is 6.42 Å². The Balaban J connectivity index is 2.04. The molecule has 2 rings (SSSR count). The van der Waals surface area contributed by atoms with Crippen LogP contribution in [0.2, 0.25) is 0 Å². The molecule has 2 nitrogen and oxygen atoms in total. The Labute approximate surface area is 86.1 Å². The number of hydrogen-bond donors (Lipinski definition) is 1. The molecule has 1 aliphatic carbocycles. The van der Waals surface area contributed by atoms with Gasteiger partial charge in [-0.05, 0) is 52.2 Å². The van der Waals surface area contributed by atoms with E-state index in [9.17, 15) is 5.11 Å². The molecule has 0 radical (unpaired) electrons. The standard InChI is InChI=1S/C10H13BrO2/c11-9-4-8(6-13-9)5-10(7-12)2-1-3-10/h4,6,12H,1-3,5,7H2. The van der Waals surface area contributed by atoms with Gasteiger partial charge in [-0.25, -0.2) is 0 Å². The van der Waals surface area contributed by atoms with Crippen LogP contribution in [0.3, 0.4) is 0 Å². The van der Waals surface area contributed by atoms with Gasteiger partial charge in [0.2, 0.25) is 0 Å². The Bertz CT molecular complexity index is 283. The minimum atomic E-state index is 0.156. The van der Waals surface area contributed by atoms with Gasteiger partial charge in [0.1, 0.15) is 0 Å². The molecular formula is C10H13BrO2. The summed E-state index contributed by atoms with van der Waals surface area (Å²) in [5.74, 6) is 0. The van der Waals surface area contributed by atoms with Gasteiger partial charge in [0.05, 0.1) is 6.26 Å². The van der Waals surface area contributed by atoms with Crippen LogP contribution < -0.4 is 0 Å². The number of furan rings is 1. The average Bonchev–Trinajstić information content (AvgIpc) is 2.44. The highest BCUT2D eigenvalue weighted by Crippen LogP contribution is 2.43. The summed E-state index contributed by atoms with van der Waals surface area (Å²) in [5, 5.41) is 9.26. The molecule has 0 atom stereocenters. The van der Waals surface area contributed by atoms with Crippen LogP contribution >= 0.6 is 15.9 Å². The normalized spacial score (nSPS) is 19.8. The van der Waals surface area contributed by atoms with Gasteiger partial charge in [0.15, 0.2) is 4.67 Å². The Morgan fingerprint density at radius 2 is 2.31 bits per heavy atom. The van der Waals surface area contributed by atoms with Crippen molar-refractivity contribution in [2.75, 3.05) is 6.61 Å². The molecule has 0 unspecified atom stereocenters. The lowest BCUT2D eigenvalue weighted by Crippen LogP contribution is -2.35. The van der Waals surface area contributed by atoms with Crippen molar-refractivity contribution in [3.8, 4) is 0 Å². The Hall–Kier alpha value is -0.280. The van der Waals surface area contributed by atoms with E-state index in [-0.39, 0.29) is 5.41 Å². The van der Waals surface area contributed by atoms with Gasteiger partial charge in [-0.15, -0.1) is 0 Å². The first-order valence-electron chi connectivity index (χ1n) is 4.58. The van der Waals surface area contributed by atoms with Crippen molar-refractivity contribution in [3.63, 3.8) is 0 Å². The van der Waals surface area contributed by atoms with Gasteiger partial charge in [-0.3, -0.25) is 0 Å². The molecule has 0 bridgehead atoms. The number of aliphatic hydroxyl groups excluding tert-OH is 1. The Morgan fingerprint density at radius 3 is 2.69 bits per heavy atom. The first kappa shape index (κ1) is 9.28. The SMILES string of the molecule is OCC1(Cc2coc(Br)c2)CCC1. The zero-order valence-electron chi connectivity index (χ0n) is 7.42. The maximum atomic E-state index is 9.26. The van der Waals surface area contributed by atoms with Crippen LogP contribution in [0, 0.1) is 5.41 Å². The topological polar surface area (TPSA) is 33.4 Å². The third-order valence-corrected chi connectivity index (χ3v) is 3.37. The first-order valence-corrected chi connectivity index (χ1v) is 5.37. The highest BCUT2D eigenvalue weighted by molar-refractivity contribution is 9.10. The molecule has 3 heteroatoms. The summed E-state index contributed by atoms with van der Waals surface area (Å²) in [4.78, 5) is 0. The van der Waals surface area contributed by atoms with Crippen molar-refractivity contribution in [2.45, 2.75) is 25.7 Å². The molecule has 1 fully saturated rings. The van der Waals surface area contributed by atoms with Gasteiger partial charge in [-0.2, -0.15) is 0 Å². The van der Waals surface area contributed by atoms with E-state index in [1.54, 1.807) is 6.26 Å². The molecule has 13 heavy (non-hydrogen) atoms. The second-order valence-corrected chi connectivity index (χ2v) is 4.73. The van der Waals surface area contributed by atoms with Crippen LogP contribution in [0.4, 0.5) is 0 Å². The van der Waals surface area contributed by atoms with E-state index in [2.05, 4.69) is 15.9 Å². The van der Waals surface area contributed by atoms with E-state index in [1.165, 1.54) is 12.0 Å². The summed E-state index contributed by atoms with van der Waals surface area (Å²) in [6.45, 7) is 0.301. The van der Waals surface area contributed by atoms with Crippen LogP contribution in [0.5, 0.6) is 0 Å². The molecule has 0 saturated heterocycles. The molecule has 1 N–H and O–H groups in total. The second kappa shape index (κ2) is 3.46. The summed E-state index contributed by atoms with van der Waals surface area (Å²) in [5.41, 5.74) is 1.34. The van der Waals surface area contributed by atoms with Crippen molar-refractivity contribution in [1.82, 2.24) is 0 Å². The molecule has 0 amide bonds. The fourth-order valence-corrected chi connectivity index (χ4v) is 2.33. The smallest absolute Gasteiger partial charge is 0.169 e. The maximum Gasteiger partial charge on any atom is 0.169 e. The van der Waals surface area contributed by atoms with Crippen LogP contribution in [0.15, 0.2) is 21.4 Å². The number of hydrogen-bond acceptors (Lipinski definition) is 2. The van der Waals surface area contributed by atoms with Crippen molar-refractivity contribution < 1.29 is 9.52 Å². The summed E-state index contributed by atoms with van der Waals surface area (Å²) in [7, 11) is 0. The molecular weight excluding hydrogens is 232 g/mol. The van der Waals surface area contributed by atoms with Gasteiger partial charge in [0.25, 0.3) is 0 Å². The van der Waals surface area contributed by atoms with E-state index in [1.807, 2.05) is 6.07 Å². The van der Waals surface area contributed by atoms with Crippen molar-refractivity contribution in [2.24, 2.45) is 5.41 Å². The molecule has 1 aliphatic rings. The minimum Gasteiger partial charge on any atom is -0.457 e. The molecule has 1 heterocycles. The fourth-order valence-electron chi connectivity index (χ4n) is 1.94. The Kier molecular flexibility index (Phi) is 2.47. The molecule has 72 valence electrons. The van der Waals surface area contributed by atoms with Crippen molar-refractivity contribution in [1.29, 1.82) is 0 Å². The summed E-state index contributed by atoms with van der Waals surface area (Å²) >= 11 is 3.27. The highest BCUT2D eigenvalue weighted by Gasteiger charge is 2.36. The fraction of sp³-hybridized carbons (Fsp3) is 0.600. The van der Waals surface area contributed by atoms with Crippen LogP contribution in [-0.4, -0.2) is 11.7 Å². The predicted molar refractivity (Wildman–Crippen MR) is 53.5 cm³/mol. The van der Waals surface area contributed by atoms with Crippen molar-refractivity contribution in [3.05, 3.63) is 22.6 Å². The number of aliphatic hydroxyl groups is 1. The molecule has 1 aromatic heterocycles. The molecule has 0 aromatic carbocycles. The second-order valence-electron chi connectivity index (χ2n) is 3.95. The highest BCUT2D eigenvalue weighted by atomic mass is 79.9. The molecule has 1 aromatic rings. The summed E-state index contributed by atoms with van der Waals surface area (Å²) in [6.07, 6.45) is 6.25. The number of rotatable bonds is 3. The van der Waals surface area contributed by atoms with Gasteiger partial charge < -0.3 is 9.52 Å². The van der Waals surface area contributed by atoms with E-state index in [0.717, 1.165) is 23.9 Å². The summed E-state index contributed by atoms with van der Waals surface area (Å²) in [6, 6.07) is 1.98. The van der Waals surface area contributed by atoms with Crippen LogP contribution in [0.1, 0.15) is 24.8 Å². The molecule has 0 aliphatic heterocycles. The summed E-state index contributed by atoms with van der Waals surface area (Å²) < 4.78 is 5.93. The average molecular weight is 245 g/mol. The molecule has 1 saturated carbocycles. The zero-order chi connectivity index (χ0) is 9.31. The van der Waals surface area contributed by atoms with Crippen LogP contribution in [0.25, 0.3) is 0 Å². The van der Waals surface area contributed by atoms with Gasteiger partial charge in [-0.1, -0.05) is 6.42 Å². The minimum absolute atomic E-state index is 0.156. The van der Waals surface area contributed by atoms with E-state index in [0.29, 0.717) is 6.61 Å². The maximum absolute atomic E-state index is 9.26. The number of halogens is 1. The quantitative estimate of drug-likeness (QED) is 0.888. The lowest BCUT2D eigenvalue weighted by molar-refractivity contribution is 0.0449. The monoisotopic (exact) mass is 244 g/mol. The van der Waals surface area contributed by atoms with Gasteiger partial charge >= 0.3 is 0 Å². The lowest BCUT2D eigenvalue weighted by Gasteiger charge is -2.40. The predicted octanol–water partition coefficient (Wildman–Crippen LogP) is 2.75. The Morgan fingerprint density at radius 1 is 1.54 bits per heavy atom. The third-order valence-electron chi connectivity index (χ3n) is 2.95. The van der Waals surface area contributed by atoms with Crippen molar-refractivity contribution >= 4 is 15.9 Å². The van der Waals surface area contributed by atoms with E-state index < -0.39 is 0 Å². The first-order chi connectivity index (χ1) is 6.24. The molecule has 0 spiro atoms. The van der Waals surface area contributed by atoms with E-state index in [4.69, 9.17) is 4.42 Å².